The number of aromatic nitrogens is 1. The molecule has 0 radical (unpaired) electrons. The molecule has 0 aliphatic heterocycles. The minimum atomic E-state index is -0.159. The zero-order chi connectivity index (χ0) is 16.6. The van der Waals surface area contributed by atoms with Crippen LogP contribution in [0.1, 0.15) is 5.01 Å². The topological polar surface area (TPSA) is 60.5 Å². The maximum absolute atomic E-state index is 11.7. The van der Waals surface area contributed by atoms with Gasteiger partial charge < -0.3 is 14.8 Å². The van der Waals surface area contributed by atoms with Gasteiger partial charge in [0.05, 0.1) is 23.4 Å². The molecule has 3 aromatic rings. The Kier molecular flexibility index (Phi) is 5.76. The lowest BCUT2D eigenvalue weighted by atomic mass is 10.3. The van der Waals surface area contributed by atoms with Gasteiger partial charge in [-0.2, -0.15) is 0 Å². The highest BCUT2D eigenvalue weighted by molar-refractivity contribution is 7.18. The summed E-state index contributed by atoms with van der Waals surface area (Å²) in [5, 5.41) is 3.63. The van der Waals surface area contributed by atoms with Gasteiger partial charge in [0, 0.05) is 0 Å². The van der Waals surface area contributed by atoms with E-state index >= 15 is 0 Å². The minimum Gasteiger partial charge on any atom is -0.492 e. The number of hydrogen-bond acceptors (Lipinski definition) is 5. The normalized spacial score (nSPS) is 10.7. The first kappa shape index (κ1) is 16.4. The molecule has 6 heteroatoms. The molecule has 0 aliphatic carbocycles. The van der Waals surface area contributed by atoms with Crippen LogP contribution in [0, 0.1) is 0 Å². The van der Waals surface area contributed by atoms with E-state index in [0.717, 1.165) is 21.0 Å². The third kappa shape index (κ3) is 4.78. The summed E-state index contributed by atoms with van der Waals surface area (Å²) >= 11 is 1.58. The molecule has 124 valence electrons. The zero-order valence-corrected chi connectivity index (χ0v) is 13.9. The molecule has 3 rings (SSSR count). The van der Waals surface area contributed by atoms with Crippen LogP contribution in [0.4, 0.5) is 0 Å². The Morgan fingerprint density at radius 1 is 1.08 bits per heavy atom. The maximum atomic E-state index is 11.7. The van der Waals surface area contributed by atoms with Crippen molar-refractivity contribution < 1.29 is 14.3 Å². The Labute approximate surface area is 144 Å². The van der Waals surface area contributed by atoms with Gasteiger partial charge in [-0.25, -0.2) is 4.98 Å². The Bertz CT molecular complexity index is 756. The van der Waals surface area contributed by atoms with Crippen LogP contribution in [0.2, 0.25) is 0 Å². The standard InChI is InChI=1S/C18H18N2O3S/c21-17(19-10-11-23-14-6-2-1-3-7-14)12-22-13-18-20-15-8-4-5-9-16(15)24-18/h1-9H,10-13H2,(H,19,21). The molecular formula is C18H18N2O3S. The minimum absolute atomic E-state index is 0.0151. The number of thiazole rings is 1. The van der Waals surface area contributed by atoms with Crippen LogP contribution in [-0.2, 0) is 16.1 Å². The summed E-state index contributed by atoms with van der Waals surface area (Å²) in [6.07, 6.45) is 0. The molecule has 5 nitrogen and oxygen atoms in total. The van der Waals surface area contributed by atoms with Crippen LogP contribution in [-0.4, -0.2) is 30.6 Å². The summed E-state index contributed by atoms with van der Waals surface area (Å²) in [6.45, 7) is 1.22. The number of fused-ring (bicyclic) bond motifs is 1. The van der Waals surface area contributed by atoms with E-state index in [2.05, 4.69) is 10.3 Å². The molecule has 1 aromatic heterocycles. The summed E-state index contributed by atoms with van der Waals surface area (Å²) in [5.74, 6) is 0.631. The number of nitrogens with one attached hydrogen (secondary N) is 1. The van der Waals surface area contributed by atoms with Gasteiger partial charge in [0.15, 0.2) is 0 Å². The van der Waals surface area contributed by atoms with Gasteiger partial charge in [-0.3, -0.25) is 4.79 Å². The molecule has 0 bridgehead atoms. The van der Waals surface area contributed by atoms with Crippen LogP contribution in [0.3, 0.4) is 0 Å². The lowest BCUT2D eigenvalue weighted by Crippen LogP contribution is -2.31. The molecule has 24 heavy (non-hydrogen) atoms. The third-order valence-corrected chi connectivity index (χ3v) is 4.24. The van der Waals surface area contributed by atoms with Crippen molar-refractivity contribution in [1.82, 2.24) is 10.3 Å². The first-order valence-electron chi connectivity index (χ1n) is 7.68. The lowest BCUT2D eigenvalue weighted by Gasteiger charge is -2.07. The Morgan fingerprint density at radius 3 is 2.71 bits per heavy atom. The van der Waals surface area contributed by atoms with Gasteiger partial charge in [-0.15, -0.1) is 11.3 Å². The molecule has 0 fully saturated rings. The summed E-state index contributed by atoms with van der Waals surface area (Å²) in [6, 6.07) is 17.4. The van der Waals surface area contributed by atoms with Crippen molar-refractivity contribution in [3.63, 3.8) is 0 Å². The van der Waals surface area contributed by atoms with Crippen molar-refractivity contribution in [3.8, 4) is 5.75 Å². The average Bonchev–Trinajstić information content (AvgIpc) is 3.02. The molecule has 0 saturated heterocycles. The van der Waals surface area contributed by atoms with E-state index in [-0.39, 0.29) is 12.5 Å². The Balaban J connectivity index is 1.32. The largest absolute Gasteiger partial charge is 0.492 e. The van der Waals surface area contributed by atoms with E-state index < -0.39 is 0 Å². The molecular weight excluding hydrogens is 324 g/mol. The smallest absolute Gasteiger partial charge is 0.246 e. The van der Waals surface area contributed by atoms with Crippen molar-refractivity contribution >= 4 is 27.5 Å². The molecule has 2 aromatic carbocycles. The van der Waals surface area contributed by atoms with E-state index in [1.165, 1.54) is 0 Å². The highest BCUT2D eigenvalue weighted by Crippen LogP contribution is 2.21. The SMILES string of the molecule is O=C(COCc1nc2ccccc2s1)NCCOc1ccccc1. The van der Waals surface area contributed by atoms with E-state index in [1.54, 1.807) is 11.3 Å². The molecule has 0 spiro atoms. The lowest BCUT2D eigenvalue weighted by molar-refractivity contribution is -0.126. The number of carbonyl (C=O) groups is 1. The highest BCUT2D eigenvalue weighted by Gasteiger charge is 2.05. The number of ether oxygens (including phenoxy) is 2. The Morgan fingerprint density at radius 2 is 1.88 bits per heavy atom. The summed E-state index contributed by atoms with van der Waals surface area (Å²) in [4.78, 5) is 16.2. The predicted molar refractivity (Wildman–Crippen MR) is 94.2 cm³/mol. The molecule has 0 aliphatic rings. The van der Waals surface area contributed by atoms with Crippen molar-refractivity contribution in [1.29, 1.82) is 0 Å². The number of amides is 1. The zero-order valence-electron chi connectivity index (χ0n) is 13.1. The van der Waals surface area contributed by atoms with Crippen LogP contribution in [0.5, 0.6) is 5.75 Å². The second-order valence-corrected chi connectivity index (χ2v) is 6.19. The van der Waals surface area contributed by atoms with Crippen molar-refractivity contribution in [3.05, 3.63) is 59.6 Å². The van der Waals surface area contributed by atoms with Crippen molar-refractivity contribution in [2.24, 2.45) is 0 Å². The Hall–Kier alpha value is -2.44. The van der Waals surface area contributed by atoms with Gasteiger partial charge in [0.1, 0.15) is 24.0 Å². The number of hydrogen-bond donors (Lipinski definition) is 1. The summed E-state index contributed by atoms with van der Waals surface area (Å²) in [7, 11) is 0. The van der Waals surface area contributed by atoms with E-state index in [0.29, 0.717) is 19.8 Å². The third-order valence-electron chi connectivity index (χ3n) is 3.23. The van der Waals surface area contributed by atoms with Gasteiger partial charge in [-0.1, -0.05) is 30.3 Å². The van der Waals surface area contributed by atoms with Crippen LogP contribution >= 0.6 is 11.3 Å². The van der Waals surface area contributed by atoms with Crippen LogP contribution in [0.15, 0.2) is 54.6 Å². The van der Waals surface area contributed by atoms with Gasteiger partial charge in [0.25, 0.3) is 0 Å². The second kappa shape index (κ2) is 8.42. The van der Waals surface area contributed by atoms with Gasteiger partial charge in [-0.05, 0) is 24.3 Å². The first-order valence-corrected chi connectivity index (χ1v) is 8.49. The summed E-state index contributed by atoms with van der Waals surface area (Å²) in [5.41, 5.74) is 0.962. The highest BCUT2D eigenvalue weighted by atomic mass is 32.1. The molecule has 0 unspecified atom stereocenters. The number of para-hydroxylation sites is 2. The number of carbonyl (C=O) groups excluding carboxylic acids is 1. The average molecular weight is 342 g/mol. The molecule has 0 atom stereocenters. The fourth-order valence-electron chi connectivity index (χ4n) is 2.14. The van der Waals surface area contributed by atoms with Crippen LogP contribution < -0.4 is 10.1 Å². The number of rotatable bonds is 8. The van der Waals surface area contributed by atoms with Crippen molar-refractivity contribution in [2.75, 3.05) is 19.8 Å². The predicted octanol–water partition coefficient (Wildman–Crippen LogP) is 3.01. The quantitative estimate of drug-likeness (QED) is 0.639. The molecule has 1 amide bonds. The maximum Gasteiger partial charge on any atom is 0.246 e. The molecule has 1 heterocycles. The number of nitrogens with zero attached hydrogens (tertiary/aromatic N) is 1. The van der Waals surface area contributed by atoms with E-state index in [1.807, 2.05) is 54.6 Å². The second-order valence-electron chi connectivity index (χ2n) is 5.08. The fourth-order valence-corrected chi connectivity index (χ4v) is 3.04. The van der Waals surface area contributed by atoms with E-state index in [9.17, 15) is 4.79 Å². The van der Waals surface area contributed by atoms with Crippen molar-refractivity contribution in [2.45, 2.75) is 6.61 Å². The fraction of sp³-hybridized carbons (Fsp3) is 0.222. The molecule has 1 N–H and O–H groups in total. The number of benzene rings is 2. The monoisotopic (exact) mass is 342 g/mol. The van der Waals surface area contributed by atoms with E-state index in [4.69, 9.17) is 9.47 Å². The first-order chi connectivity index (χ1) is 11.8. The van der Waals surface area contributed by atoms with Gasteiger partial charge in [0.2, 0.25) is 5.91 Å². The molecule has 0 saturated carbocycles. The van der Waals surface area contributed by atoms with Gasteiger partial charge >= 0.3 is 0 Å². The summed E-state index contributed by atoms with van der Waals surface area (Å²) < 4.78 is 12.0. The van der Waals surface area contributed by atoms with Crippen LogP contribution in [0.25, 0.3) is 10.2 Å².